The van der Waals surface area contributed by atoms with E-state index in [0.717, 1.165) is 57.8 Å². The second-order valence-corrected chi connectivity index (χ2v) is 14.8. The summed E-state index contributed by atoms with van der Waals surface area (Å²) in [7, 11) is -4.41. The maximum absolute atomic E-state index is 12.7. The van der Waals surface area contributed by atoms with E-state index in [9.17, 15) is 24.5 Å². The lowest BCUT2D eigenvalue weighted by Crippen LogP contribution is -2.46. The van der Waals surface area contributed by atoms with E-state index in [1.165, 1.54) is 70.6 Å². The molecule has 0 aliphatic carbocycles. The zero-order valence-electron chi connectivity index (χ0n) is 31.7. The van der Waals surface area contributed by atoms with Crippen LogP contribution in [0.25, 0.3) is 0 Å². The molecule has 0 aromatic rings. The lowest BCUT2D eigenvalue weighted by atomic mass is 10.1. The highest BCUT2D eigenvalue weighted by Crippen LogP contribution is 2.43. The number of phosphoric acid groups is 1. The molecule has 0 bridgehead atoms. The number of nitrogens with one attached hydrogen (secondary N) is 1. The van der Waals surface area contributed by atoms with Gasteiger partial charge in [0, 0.05) is 6.54 Å². The standard InChI is InChI=1S/C40H75N2O7P/c1-3-5-7-9-11-13-14-15-16-17-18-19-20-21-22-24-26-28-30-32-39(44)38(36-49-50(46,47)48-34-33-41)42-40(45)35-37(43)31-29-27-25-23-12-10-8-6-4-2/h10,12,18-19,22,24,30,32,37-39,43-44H,3-9,11,13-17,20-21,23,25-29,31,33-36,41H2,1-2H3,(H,42,45)(H,46,47)/b12-10-,19-18+,24-22+,32-30+. The van der Waals surface area contributed by atoms with Gasteiger partial charge in [-0.2, -0.15) is 0 Å². The molecule has 50 heavy (non-hydrogen) atoms. The van der Waals surface area contributed by atoms with Gasteiger partial charge in [-0.1, -0.05) is 140 Å². The average molecular weight is 727 g/mol. The van der Waals surface area contributed by atoms with Crippen molar-refractivity contribution in [3.8, 4) is 0 Å². The van der Waals surface area contributed by atoms with Crippen molar-refractivity contribution in [2.24, 2.45) is 5.73 Å². The summed E-state index contributed by atoms with van der Waals surface area (Å²) in [5.74, 6) is -0.474. The number of carbonyl (C=O) groups is 1. The quantitative estimate of drug-likeness (QED) is 0.0243. The van der Waals surface area contributed by atoms with Crippen LogP contribution in [0.3, 0.4) is 0 Å². The van der Waals surface area contributed by atoms with Gasteiger partial charge in [0.2, 0.25) is 5.91 Å². The van der Waals surface area contributed by atoms with Crippen LogP contribution in [0.2, 0.25) is 0 Å². The molecule has 9 nitrogen and oxygen atoms in total. The van der Waals surface area contributed by atoms with E-state index >= 15 is 0 Å². The highest BCUT2D eigenvalue weighted by atomic mass is 31.2. The molecular weight excluding hydrogens is 651 g/mol. The normalized spacial score (nSPS) is 15.4. The molecule has 6 N–H and O–H groups in total. The van der Waals surface area contributed by atoms with Gasteiger partial charge in [0.05, 0.1) is 37.9 Å². The molecular formula is C40H75N2O7P. The van der Waals surface area contributed by atoms with Crippen molar-refractivity contribution in [1.82, 2.24) is 5.32 Å². The molecule has 0 aliphatic heterocycles. The fourth-order valence-electron chi connectivity index (χ4n) is 5.36. The van der Waals surface area contributed by atoms with Crippen LogP contribution < -0.4 is 11.1 Å². The molecule has 4 atom stereocenters. The SMILES string of the molecule is CCCC/C=C\CCCCCC(O)CC(=O)NC(COP(=O)(O)OCCN)C(O)/C=C/CC/C=C/CC/C=C/CCCCCCCCCCC. The maximum Gasteiger partial charge on any atom is 0.472 e. The highest BCUT2D eigenvalue weighted by Gasteiger charge is 2.27. The van der Waals surface area contributed by atoms with E-state index in [1.54, 1.807) is 6.08 Å². The molecule has 4 unspecified atom stereocenters. The Kier molecular flexibility index (Phi) is 34.7. The number of hydrogen-bond acceptors (Lipinski definition) is 7. The number of phosphoric ester groups is 1. The Hall–Kier alpha value is -1.58. The third-order valence-corrected chi connectivity index (χ3v) is 9.39. The zero-order valence-corrected chi connectivity index (χ0v) is 32.6. The number of hydrogen-bond donors (Lipinski definition) is 5. The molecule has 0 aliphatic rings. The van der Waals surface area contributed by atoms with Crippen molar-refractivity contribution in [3.05, 3.63) is 48.6 Å². The molecule has 0 aromatic carbocycles. The fraction of sp³-hybridized carbons (Fsp3) is 0.775. The third-order valence-electron chi connectivity index (χ3n) is 8.41. The topological polar surface area (TPSA) is 151 Å². The molecule has 0 radical (unpaired) electrons. The van der Waals surface area contributed by atoms with Gasteiger partial charge < -0.3 is 26.2 Å². The van der Waals surface area contributed by atoms with Crippen molar-refractivity contribution < 1.29 is 33.5 Å². The first-order valence-electron chi connectivity index (χ1n) is 19.8. The monoisotopic (exact) mass is 727 g/mol. The molecule has 0 aromatic heterocycles. The van der Waals surface area contributed by atoms with Crippen LogP contribution in [-0.4, -0.2) is 59.0 Å². The van der Waals surface area contributed by atoms with E-state index in [1.807, 2.05) is 6.08 Å². The van der Waals surface area contributed by atoms with Crippen molar-refractivity contribution in [2.75, 3.05) is 19.8 Å². The minimum Gasteiger partial charge on any atom is -0.393 e. The first kappa shape index (κ1) is 48.4. The van der Waals surface area contributed by atoms with Gasteiger partial charge >= 0.3 is 7.82 Å². The Bertz CT molecular complexity index is 941. The molecule has 1 amide bonds. The number of aliphatic hydroxyl groups excluding tert-OH is 2. The summed E-state index contributed by atoms with van der Waals surface area (Å²) in [5, 5.41) is 23.8. The Morgan fingerprint density at radius 2 is 1.16 bits per heavy atom. The second kappa shape index (κ2) is 35.8. The summed E-state index contributed by atoms with van der Waals surface area (Å²) in [5.41, 5.74) is 5.34. The summed E-state index contributed by atoms with van der Waals surface area (Å²) in [6.45, 7) is 3.86. The Morgan fingerprint density at radius 1 is 0.680 bits per heavy atom. The summed E-state index contributed by atoms with van der Waals surface area (Å²) in [6, 6.07) is -1.01. The molecule has 10 heteroatoms. The van der Waals surface area contributed by atoms with Crippen molar-refractivity contribution in [2.45, 2.75) is 180 Å². The molecule has 0 rings (SSSR count). The minimum absolute atomic E-state index is 0.0392. The van der Waals surface area contributed by atoms with Gasteiger partial charge in [0.15, 0.2) is 0 Å². The van der Waals surface area contributed by atoms with Gasteiger partial charge in [0.1, 0.15) is 0 Å². The van der Waals surface area contributed by atoms with Crippen LogP contribution in [0.15, 0.2) is 48.6 Å². The average Bonchev–Trinajstić information content (AvgIpc) is 3.09. The summed E-state index contributed by atoms with van der Waals surface area (Å²) in [6.07, 6.45) is 39.2. The largest absolute Gasteiger partial charge is 0.472 e. The molecule has 0 heterocycles. The number of nitrogens with two attached hydrogens (primary N) is 1. The molecule has 0 saturated heterocycles. The summed E-state index contributed by atoms with van der Waals surface area (Å²) in [4.78, 5) is 22.6. The fourth-order valence-corrected chi connectivity index (χ4v) is 6.12. The molecule has 292 valence electrons. The van der Waals surface area contributed by atoms with Gasteiger partial charge in [0.25, 0.3) is 0 Å². The van der Waals surface area contributed by atoms with Crippen LogP contribution in [0, 0.1) is 0 Å². The van der Waals surface area contributed by atoms with Crippen LogP contribution in [-0.2, 0) is 18.4 Å². The van der Waals surface area contributed by atoms with Crippen molar-refractivity contribution >= 4 is 13.7 Å². The van der Waals surface area contributed by atoms with Gasteiger partial charge in [-0.25, -0.2) is 4.57 Å². The Morgan fingerprint density at radius 3 is 1.72 bits per heavy atom. The van der Waals surface area contributed by atoms with E-state index in [2.05, 4.69) is 55.6 Å². The van der Waals surface area contributed by atoms with E-state index in [-0.39, 0.29) is 19.6 Å². The zero-order chi connectivity index (χ0) is 37.0. The number of carbonyl (C=O) groups excluding carboxylic acids is 1. The summed E-state index contributed by atoms with van der Waals surface area (Å²) >= 11 is 0. The predicted octanol–water partition coefficient (Wildman–Crippen LogP) is 9.52. The third kappa shape index (κ3) is 33.6. The summed E-state index contributed by atoms with van der Waals surface area (Å²) < 4.78 is 22.0. The number of unbranched alkanes of at least 4 members (excludes halogenated alkanes) is 16. The van der Waals surface area contributed by atoms with E-state index in [0.29, 0.717) is 12.8 Å². The van der Waals surface area contributed by atoms with Gasteiger partial charge in [-0.05, 0) is 64.2 Å². The minimum atomic E-state index is -4.41. The van der Waals surface area contributed by atoms with Gasteiger partial charge in [-0.15, -0.1) is 0 Å². The van der Waals surface area contributed by atoms with E-state index in [4.69, 9.17) is 14.8 Å². The first-order chi connectivity index (χ1) is 24.3. The Balaban J connectivity index is 4.48. The predicted molar refractivity (Wildman–Crippen MR) is 209 cm³/mol. The van der Waals surface area contributed by atoms with Gasteiger partial charge in [-0.3, -0.25) is 13.8 Å². The molecule has 0 spiro atoms. The first-order valence-corrected chi connectivity index (χ1v) is 21.3. The highest BCUT2D eigenvalue weighted by molar-refractivity contribution is 7.47. The van der Waals surface area contributed by atoms with Crippen LogP contribution in [0.1, 0.15) is 162 Å². The van der Waals surface area contributed by atoms with Crippen LogP contribution in [0.5, 0.6) is 0 Å². The Labute approximate surface area is 305 Å². The number of rotatable bonds is 36. The molecule has 0 fully saturated rings. The lowest BCUT2D eigenvalue weighted by Gasteiger charge is -2.24. The number of aliphatic hydroxyl groups is 2. The van der Waals surface area contributed by atoms with Crippen molar-refractivity contribution in [1.29, 1.82) is 0 Å². The van der Waals surface area contributed by atoms with Crippen LogP contribution >= 0.6 is 7.82 Å². The van der Waals surface area contributed by atoms with Crippen LogP contribution in [0.4, 0.5) is 0 Å². The number of amides is 1. The van der Waals surface area contributed by atoms with Crippen molar-refractivity contribution in [3.63, 3.8) is 0 Å². The number of allylic oxidation sites excluding steroid dienone is 7. The second-order valence-electron chi connectivity index (χ2n) is 13.3. The van der Waals surface area contributed by atoms with E-state index < -0.39 is 38.6 Å². The lowest BCUT2D eigenvalue weighted by molar-refractivity contribution is -0.124. The maximum atomic E-state index is 12.7. The molecule has 0 saturated carbocycles. The smallest absolute Gasteiger partial charge is 0.393 e.